The second-order valence-corrected chi connectivity index (χ2v) is 11.8. The summed E-state index contributed by atoms with van der Waals surface area (Å²) >= 11 is 1.55. The van der Waals surface area contributed by atoms with Crippen molar-refractivity contribution >= 4 is 45.7 Å². The van der Waals surface area contributed by atoms with Gasteiger partial charge in [0.15, 0.2) is 0 Å². The van der Waals surface area contributed by atoms with E-state index in [1.54, 1.807) is 30.1 Å². The van der Waals surface area contributed by atoms with Gasteiger partial charge in [0.2, 0.25) is 0 Å². The van der Waals surface area contributed by atoms with Crippen LogP contribution in [-0.4, -0.2) is 54.6 Å². The Bertz CT molecular complexity index is 1750. The number of carboxylic acid groups (broad SMARTS) is 1. The lowest BCUT2D eigenvalue weighted by atomic mass is 9.94. The van der Waals surface area contributed by atoms with Gasteiger partial charge in [0.25, 0.3) is 5.91 Å². The first-order chi connectivity index (χ1) is 20.5. The summed E-state index contributed by atoms with van der Waals surface area (Å²) in [6, 6.07) is 21.0. The standard InChI is InChI=1S/C33H33N5O3S/c1-42-17-16-26(33(40)41)37-32(39)23-13-15-30-28(19-23)36-31(38(30)24-10-6-3-7-11-24)22-12-14-25-27(18-22)34-20-29(35-25)21-8-4-2-5-9-21/h2,4-5,8-9,12-15,18-20,24,26H,3,6-7,10-11,16-17H2,1H3,(H,37,39)(H,40,41)/t26-/m0/s1. The third-order valence-corrected chi connectivity index (χ3v) is 8.62. The van der Waals surface area contributed by atoms with Crippen LogP contribution in [0.1, 0.15) is 54.9 Å². The van der Waals surface area contributed by atoms with Gasteiger partial charge in [-0.3, -0.25) is 9.78 Å². The maximum atomic E-state index is 13.1. The van der Waals surface area contributed by atoms with Crippen LogP contribution >= 0.6 is 11.8 Å². The SMILES string of the molecule is CSCC[C@H](NC(=O)c1ccc2c(c1)nc(-c1ccc3nc(-c4ccccc4)cnc3c1)n2C1CCCCC1)C(=O)O. The van der Waals surface area contributed by atoms with Crippen LogP contribution in [0.4, 0.5) is 0 Å². The van der Waals surface area contributed by atoms with E-state index in [4.69, 9.17) is 15.0 Å². The lowest BCUT2D eigenvalue weighted by Crippen LogP contribution is -2.41. The number of hydrogen-bond acceptors (Lipinski definition) is 6. The van der Waals surface area contributed by atoms with Crippen molar-refractivity contribution in [2.45, 2.75) is 50.6 Å². The third kappa shape index (κ3) is 5.74. The first-order valence-electron chi connectivity index (χ1n) is 14.4. The number of carbonyl (C=O) groups excluding carboxylic acids is 1. The fourth-order valence-corrected chi connectivity index (χ4v) is 6.26. The minimum absolute atomic E-state index is 0.309. The fourth-order valence-electron chi connectivity index (χ4n) is 5.78. The summed E-state index contributed by atoms with van der Waals surface area (Å²) in [6.07, 6.45) is 9.81. The zero-order valence-corrected chi connectivity index (χ0v) is 24.3. The highest BCUT2D eigenvalue weighted by Crippen LogP contribution is 2.37. The highest BCUT2D eigenvalue weighted by Gasteiger charge is 2.25. The Morgan fingerprint density at radius 1 is 0.952 bits per heavy atom. The van der Waals surface area contributed by atoms with Crippen molar-refractivity contribution < 1.29 is 14.7 Å². The van der Waals surface area contributed by atoms with Crippen molar-refractivity contribution in [3.05, 3.63) is 78.5 Å². The number of rotatable bonds is 9. The number of fused-ring (bicyclic) bond motifs is 2. The van der Waals surface area contributed by atoms with Gasteiger partial charge in [0.1, 0.15) is 11.9 Å². The molecule has 0 aliphatic heterocycles. The Morgan fingerprint density at radius 2 is 1.76 bits per heavy atom. The molecule has 0 unspecified atom stereocenters. The maximum absolute atomic E-state index is 13.1. The molecule has 0 spiro atoms. The Morgan fingerprint density at radius 3 is 2.52 bits per heavy atom. The maximum Gasteiger partial charge on any atom is 0.326 e. The van der Waals surface area contributed by atoms with Crippen LogP contribution in [0.25, 0.3) is 44.7 Å². The van der Waals surface area contributed by atoms with Crippen LogP contribution < -0.4 is 5.32 Å². The molecule has 42 heavy (non-hydrogen) atoms. The number of imidazole rings is 1. The molecule has 2 aromatic heterocycles. The number of hydrogen-bond donors (Lipinski definition) is 2. The Hall–Kier alpha value is -4.24. The molecule has 6 rings (SSSR count). The van der Waals surface area contributed by atoms with E-state index in [0.717, 1.165) is 52.0 Å². The summed E-state index contributed by atoms with van der Waals surface area (Å²) in [4.78, 5) is 39.4. The van der Waals surface area contributed by atoms with E-state index < -0.39 is 17.9 Å². The molecule has 9 heteroatoms. The molecule has 1 atom stereocenters. The van der Waals surface area contributed by atoms with Crippen LogP contribution in [0.15, 0.2) is 72.9 Å². The lowest BCUT2D eigenvalue weighted by Gasteiger charge is -2.25. The highest BCUT2D eigenvalue weighted by atomic mass is 32.2. The molecule has 0 saturated heterocycles. The predicted octanol–water partition coefficient (Wildman–Crippen LogP) is 6.75. The highest BCUT2D eigenvalue weighted by molar-refractivity contribution is 7.98. The van der Waals surface area contributed by atoms with Gasteiger partial charge in [-0.1, -0.05) is 49.6 Å². The number of aromatic nitrogens is 4. The summed E-state index contributed by atoms with van der Waals surface area (Å²) in [5.74, 6) is 0.0514. The van der Waals surface area contributed by atoms with Crippen LogP contribution in [0, 0.1) is 0 Å². The summed E-state index contributed by atoms with van der Waals surface area (Å²) in [5, 5.41) is 12.3. The topological polar surface area (TPSA) is 110 Å². The minimum Gasteiger partial charge on any atom is -0.480 e. The van der Waals surface area contributed by atoms with E-state index in [-0.39, 0.29) is 0 Å². The number of amides is 1. The van der Waals surface area contributed by atoms with Gasteiger partial charge >= 0.3 is 5.97 Å². The van der Waals surface area contributed by atoms with Gasteiger partial charge < -0.3 is 15.0 Å². The lowest BCUT2D eigenvalue weighted by molar-refractivity contribution is -0.139. The first kappa shape index (κ1) is 27.9. The van der Waals surface area contributed by atoms with Gasteiger partial charge in [0.05, 0.1) is 34.0 Å². The number of nitrogens with one attached hydrogen (secondary N) is 1. The summed E-state index contributed by atoms with van der Waals surface area (Å²) in [5.41, 5.74) is 6.48. The van der Waals surface area contributed by atoms with Crippen molar-refractivity contribution in [3.8, 4) is 22.6 Å². The van der Waals surface area contributed by atoms with E-state index in [9.17, 15) is 14.7 Å². The summed E-state index contributed by atoms with van der Waals surface area (Å²) in [7, 11) is 0. The first-order valence-corrected chi connectivity index (χ1v) is 15.8. The van der Waals surface area contributed by atoms with Crippen molar-refractivity contribution in [1.29, 1.82) is 0 Å². The molecule has 1 aliphatic carbocycles. The van der Waals surface area contributed by atoms with E-state index >= 15 is 0 Å². The van der Waals surface area contributed by atoms with Crippen molar-refractivity contribution in [2.24, 2.45) is 0 Å². The Labute approximate surface area is 248 Å². The van der Waals surface area contributed by atoms with Crippen LogP contribution in [0.2, 0.25) is 0 Å². The molecule has 8 nitrogen and oxygen atoms in total. The van der Waals surface area contributed by atoms with E-state index in [0.29, 0.717) is 29.3 Å². The van der Waals surface area contributed by atoms with Gasteiger partial charge in [-0.05, 0) is 67.7 Å². The van der Waals surface area contributed by atoms with Crippen molar-refractivity contribution in [2.75, 3.05) is 12.0 Å². The predicted molar refractivity (Wildman–Crippen MR) is 168 cm³/mol. The minimum atomic E-state index is -1.03. The molecule has 0 bridgehead atoms. The summed E-state index contributed by atoms with van der Waals surface area (Å²) < 4.78 is 2.32. The summed E-state index contributed by atoms with van der Waals surface area (Å²) in [6.45, 7) is 0. The molecule has 2 N–H and O–H groups in total. The molecule has 1 amide bonds. The monoisotopic (exact) mass is 579 g/mol. The molecule has 1 saturated carbocycles. The molecular weight excluding hydrogens is 546 g/mol. The molecule has 3 aromatic carbocycles. The van der Waals surface area contributed by atoms with Gasteiger partial charge in [-0.25, -0.2) is 14.8 Å². The molecule has 5 aromatic rings. The fraction of sp³-hybridized carbons (Fsp3) is 0.303. The van der Waals surface area contributed by atoms with E-state index in [2.05, 4.69) is 9.88 Å². The number of benzene rings is 3. The zero-order valence-electron chi connectivity index (χ0n) is 23.5. The second kappa shape index (κ2) is 12.3. The van der Waals surface area contributed by atoms with Crippen LogP contribution in [0.5, 0.6) is 0 Å². The number of aliphatic carboxylic acids is 1. The van der Waals surface area contributed by atoms with E-state index in [1.807, 2.05) is 60.9 Å². The van der Waals surface area contributed by atoms with Crippen molar-refractivity contribution in [1.82, 2.24) is 24.8 Å². The van der Waals surface area contributed by atoms with Crippen molar-refractivity contribution in [3.63, 3.8) is 0 Å². The number of nitrogens with zero attached hydrogens (tertiary/aromatic N) is 4. The quantitative estimate of drug-likeness (QED) is 0.199. The number of carboxylic acids is 1. The van der Waals surface area contributed by atoms with Gasteiger partial charge in [-0.2, -0.15) is 11.8 Å². The average Bonchev–Trinajstić information content (AvgIpc) is 3.42. The zero-order chi connectivity index (χ0) is 29.1. The molecular formula is C33H33N5O3S. The third-order valence-electron chi connectivity index (χ3n) is 7.98. The largest absolute Gasteiger partial charge is 0.480 e. The number of carbonyl (C=O) groups is 2. The van der Waals surface area contributed by atoms with Crippen LogP contribution in [-0.2, 0) is 4.79 Å². The molecule has 1 aliphatic rings. The smallest absolute Gasteiger partial charge is 0.326 e. The van der Waals surface area contributed by atoms with Gasteiger partial charge in [-0.15, -0.1) is 0 Å². The van der Waals surface area contributed by atoms with Gasteiger partial charge in [0, 0.05) is 22.7 Å². The Kier molecular flexibility index (Phi) is 8.19. The second-order valence-electron chi connectivity index (χ2n) is 10.8. The van der Waals surface area contributed by atoms with E-state index in [1.165, 1.54) is 19.3 Å². The average molecular weight is 580 g/mol. The Balaban J connectivity index is 1.38. The number of thioether (sulfide) groups is 1. The molecule has 214 valence electrons. The molecule has 1 fully saturated rings. The molecule has 2 heterocycles. The molecule has 0 radical (unpaired) electrons. The normalized spacial score (nSPS) is 14.7. The van der Waals surface area contributed by atoms with Crippen LogP contribution in [0.3, 0.4) is 0 Å².